The van der Waals surface area contributed by atoms with Crippen LogP contribution in [0.1, 0.15) is 33.2 Å². The van der Waals surface area contributed by atoms with E-state index < -0.39 is 5.97 Å². The Morgan fingerprint density at radius 1 is 1.16 bits per heavy atom. The summed E-state index contributed by atoms with van der Waals surface area (Å²) in [5.41, 5.74) is 1.87. The van der Waals surface area contributed by atoms with Crippen LogP contribution >= 0.6 is 12.2 Å². The van der Waals surface area contributed by atoms with E-state index in [1.54, 1.807) is 30.3 Å². The van der Waals surface area contributed by atoms with E-state index in [0.29, 0.717) is 23.6 Å². The number of anilines is 1. The Morgan fingerprint density at radius 2 is 1.92 bits per heavy atom. The lowest BCUT2D eigenvalue weighted by Gasteiger charge is -2.13. The lowest BCUT2D eigenvalue weighted by molar-refractivity contribution is 0.0696. The molecule has 0 saturated heterocycles. The predicted molar refractivity (Wildman–Crippen MR) is 99.4 cm³/mol. The van der Waals surface area contributed by atoms with Crippen LogP contribution in [-0.4, -0.2) is 28.7 Å². The molecule has 0 unspecified atom stereocenters. The minimum atomic E-state index is -1.04. The van der Waals surface area contributed by atoms with Crippen LogP contribution in [0.4, 0.5) is 5.69 Å². The Morgan fingerprint density at radius 3 is 2.60 bits per heavy atom. The lowest BCUT2D eigenvalue weighted by Crippen LogP contribution is -2.34. The monoisotopic (exact) mass is 358 g/mol. The highest BCUT2D eigenvalue weighted by Crippen LogP contribution is 2.17. The lowest BCUT2D eigenvalue weighted by atomic mass is 10.1. The summed E-state index contributed by atoms with van der Waals surface area (Å²) in [6.45, 7) is 4.17. The largest absolute Gasteiger partial charge is 0.494 e. The number of carboxylic acids is 1. The first-order valence-corrected chi connectivity index (χ1v) is 8.00. The van der Waals surface area contributed by atoms with Crippen LogP contribution in [0.5, 0.6) is 5.75 Å². The molecule has 25 heavy (non-hydrogen) atoms. The minimum Gasteiger partial charge on any atom is -0.494 e. The topological polar surface area (TPSA) is 87.7 Å². The first-order chi connectivity index (χ1) is 11.9. The van der Waals surface area contributed by atoms with Crippen LogP contribution in [0.25, 0.3) is 0 Å². The zero-order valence-corrected chi connectivity index (χ0v) is 14.6. The fourth-order valence-corrected chi connectivity index (χ4v) is 2.31. The number of carbonyl (C=O) groups excluding carboxylic acids is 1. The molecule has 7 heteroatoms. The highest BCUT2D eigenvalue weighted by atomic mass is 32.1. The van der Waals surface area contributed by atoms with Gasteiger partial charge in [-0.2, -0.15) is 0 Å². The molecule has 3 N–H and O–H groups in total. The summed E-state index contributed by atoms with van der Waals surface area (Å²) < 4.78 is 5.36. The van der Waals surface area contributed by atoms with Crippen molar-refractivity contribution in [2.75, 3.05) is 11.9 Å². The third-order valence-electron chi connectivity index (χ3n) is 3.37. The molecule has 0 aliphatic heterocycles. The van der Waals surface area contributed by atoms with E-state index in [1.807, 2.05) is 13.8 Å². The molecule has 130 valence electrons. The second kappa shape index (κ2) is 8.25. The van der Waals surface area contributed by atoms with Crippen LogP contribution in [0.2, 0.25) is 0 Å². The number of amides is 1. The molecule has 0 aliphatic rings. The van der Waals surface area contributed by atoms with E-state index in [4.69, 9.17) is 22.1 Å². The average Bonchev–Trinajstić information content (AvgIpc) is 2.57. The quantitative estimate of drug-likeness (QED) is 0.712. The molecule has 0 aliphatic carbocycles. The summed E-state index contributed by atoms with van der Waals surface area (Å²) in [6.07, 6.45) is 0. The highest BCUT2D eigenvalue weighted by molar-refractivity contribution is 7.80. The van der Waals surface area contributed by atoms with Crippen LogP contribution in [0.3, 0.4) is 0 Å². The average molecular weight is 358 g/mol. The van der Waals surface area contributed by atoms with Gasteiger partial charge in [0.25, 0.3) is 5.91 Å². The van der Waals surface area contributed by atoms with E-state index in [2.05, 4.69) is 10.6 Å². The number of hydrogen-bond acceptors (Lipinski definition) is 4. The molecule has 0 aromatic heterocycles. The van der Waals surface area contributed by atoms with Crippen molar-refractivity contribution in [3.63, 3.8) is 0 Å². The molecular formula is C18H18N2O4S. The number of carbonyl (C=O) groups is 2. The van der Waals surface area contributed by atoms with Gasteiger partial charge in [-0.05, 0) is 62.0 Å². The van der Waals surface area contributed by atoms with Crippen molar-refractivity contribution in [1.82, 2.24) is 5.32 Å². The summed E-state index contributed by atoms with van der Waals surface area (Å²) in [7, 11) is 0. The first-order valence-electron chi connectivity index (χ1n) is 7.60. The van der Waals surface area contributed by atoms with Crippen molar-refractivity contribution in [3.8, 4) is 5.75 Å². The third-order valence-corrected chi connectivity index (χ3v) is 3.57. The molecule has 0 bridgehead atoms. The van der Waals surface area contributed by atoms with Crippen molar-refractivity contribution >= 4 is 34.9 Å². The normalized spacial score (nSPS) is 10.0. The minimum absolute atomic E-state index is 0.0810. The van der Waals surface area contributed by atoms with Gasteiger partial charge in [0.2, 0.25) is 0 Å². The van der Waals surface area contributed by atoms with Crippen molar-refractivity contribution < 1.29 is 19.4 Å². The SMILES string of the molecule is CCOc1cccc(C(=O)NC(=S)Nc2cc(C(=O)O)ccc2C)c1. The molecule has 0 saturated carbocycles. The summed E-state index contributed by atoms with van der Waals surface area (Å²) in [6, 6.07) is 11.4. The van der Waals surface area contributed by atoms with E-state index in [0.717, 1.165) is 5.56 Å². The maximum Gasteiger partial charge on any atom is 0.335 e. The molecule has 0 atom stereocenters. The summed E-state index contributed by atoms with van der Waals surface area (Å²) >= 11 is 5.14. The van der Waals surface area contributed by atoms with Crippen LogP contribution in [0.15, 0.2) is 42.5 Å². The maximum atomic E-state index is 12.3. The number of carboxylic acid groups (broad SMARTS) is 1. The van der Waals surface area contributed by atoms with Gasteiger partial charge in [0.05, 0.1) is 12.2 Å². The van der Waals surface area contributed by atoms with Gasteiger partial charge >= 0.3 is 5.97 Å². The highest BCUT2D eigenvalue weighted by Gasteiger charge is 2.11. The standard InChI is InChI=1S/C18H18N2O4S/c1-3-24-14-6-4-5-12(9-14)16(21)20-18(25)19-15-10-13(17(22)23)8-7-11(15)2/h4-10H,3H2,1-2H3,(H,22,23)(H2,19,20,21,25). The van der Waals surface area contributed by atoms with Crippen molar-refractivity contribution in [3.05, 3.63) is 59.2 Å². The van der Waals surface area contributed by atoms with Crippen molar-refractivity contribution in [1.29, 1.82) is 0 Å². The Balaban J connectivity index is 2.07. The van der Waals surface area contributed by atoms with Gasteiger partial charge < -0.3 is 15.2 Å². The van der Waals surface area contributed by atoms with Gasteiger partial charge in [0.15, 0.2) is 5.11 Å². The Hall–Kier alpha value is -2.93. The summed E-state index contributed by atoms with van der Waals surface area (Å²) in [5, 5.41) is 14.6. The van der Waals surface area contributed by atoms with Crippen LogP contribution in [-0.2, 0) is 0 Å². The zero-order valence-electron chi connectivity index (χ0n) is 13.8. The summed E-state index contributed by atoms with van der Waals surface area (Å²) in [4.78, 5) is 23.3. The molecule has 2 rings (SSSR count). The zero-order chi connectivity index (χ0) is 18.4. The number of ether oxygens (including phenoxy) is 1. The number of thiocarbonyl (C=S) groups is 1. The number of aryl methyl sites for hydroxylation is 1. The number of hydrogen-bond donors (Lipinski definition) is 3. The Labute approximate surface area is 150 Å². The van der Waals surface area contributed by atoms with Crippen LogP contribution < -0.4 is 15.4 Å². The number of nitrogens with one attached hydrogen (secondary N) is 2. The predicted octanol–water partition coefficient (Wildman–Crippen LogP) is 3.22. The van der Waals surface area contributed by atoms with Gasteiger partial charge in [0, 0.05) is 11.3 Å². The van der Waals surface area contributed by atoms with E-state index in [-0.39, 0.29) is 16.6 Å². The molecule has 1 amide bonds. The van der Waals surface area contributed by atoms with E-state index in [1.165, 1.54) is 12.1 Å². The second-order valence-corrected chi connectivity index (χ2v) is 5.61. The van der Waals surface area contributed by atoms with Gasteiger partial charge in [-0.25, -0.2) is 4.79 Å². The van der Waals surface area contributed by atoms with Gasteiger partial charge in [0.1, 0.15) is 5.75 Å². The third kappa shape index (κ3) is 5.02. The Kier molecular flexibility index (Phi) is 6.08. The second-order valence-electron chi connectivity index (χ2n) is 5.20. The maximum absolute atomic E-state index is 12.3. The smallest absolute Gasteiger partial charge is 0.335 e. The molecule has 0 heterocycles. The molecule has 0 spiro atoms. The van der Waals surface area contributed by atoms with Gasteiger partial charge in [-0.1, -0.05) is 12.1 Å². The molecule has 6 nitrogen and oxygen atoms in total. The van der Waals surface area contributed by atoms with Crippen LogP contribution in [0, 0.1) is 6.92 Å². The fraction of sp³-hybridized carbons (Fsp3) is 0.167. The van der Waals surface area contributed by atoms with Gasteiger partial charge in [-0.3, -0.25) is 10.1 Å². The molecule has 0 fully saturated rings. The van der Waals surface area contributed by atoms with Crippen molar-refractivity contribution in [2.45, 2.75) is 13.8 Å². The molecule has 2 aromatic rings. The molecular weight excluding hydrogens is 340 g/mol. The molecule has 2 aromatic carbocycles. The number of benzene rings is 2. The number of rotatable bonds is 5. The van der Waals surface area contributed by atoms with Gasteiger partial charge in [-0.15, -0.1) is 0 Å². The first kappa shape index (κ1) is 18.4. The van der Waals surface area contributed by atoms with E-state index in [9.17, 15) is 9.59 Å². The number of aromatic carboxylic acids is 1. The Bertz CT molecular complexity index is 820. The fourth-order valence-electron chi connectivity index (χ4n) is 2.11. The van der Waals surface area contributed by atoms with E-state index >= 15 is 0 Å². The summed E-state index contributed by atoms with van der Waals surface area (Å²) in [5.74, 6) is -0.823. The van der Waals surface area contributed by atoms with Crippen molar-refractivity contribution in [2.24, 2.45) is 0 Å². The molecule has 0 radical (unpaired) electrons.